The first kappa shape index (κ1) is 38.0. The molecule has 15 nitrogen and oxygen atoms in total. The third kappa shape index (κ3) is 7.71. The van der Waals surface area contributed by atoms with Gasteiger partial charge in [0.2, 0.25) is 11.8 Å². The van der Waals surface area contributed by atoms with Crippen molar-refractivity contribution in [2.75, 3.05) is 63.1 Å². The number of anilines is 3. The third-order valence-corrected chi connectivity index (χ3v) is 13.3. The van der Waals surface area contributed by atoms with E-state index in [1.165, 1.54) is 17.5 Å². The molecule has 0 radical (unpaired) electrons. The van der Waals surface area contributed by atoms with Crippen molar-refractivity contribution in [3.05, 3.63) is 71.2 Å². The van der Waals surface area contributed by atoms with Gasteiger partial charge in [-0.3, -0.25) is 19.7 Å². The summed E-state index contributed by atoms with van der Waals surface area (Å²) in [6.45, 7) is 6.19. The predicted molar refractivity (Wildman–Crippen MR) is 218 cm³/mol. The van der Waals surface area contributed by atoms with Crippen molar-refractivity contribution in [1.29, 1.82) is 0 Å². The van der Waals surface area contributed by atoms with Crippen LogP contribution in [0.5, 0.6) is 0 Å². The highest BCUT2D eigenvalue weighted by Crippen LogP contribution is 2.41. The molecule has 2 aromatic carbocycles. The molecule has 4 saturated heterocycles. The summed E-state index contributed by atoms with van der Waals surface area (Å²) in [7, 11) is 1.84. The molecular formula is C43H52N10O5. The summed E-state index contributed by atoms with van der Waals surface area (Å²) in [6, 6.07) is 14.9. The number of imide groups is 1. The lowest BCUT2D eigenvalue weighted by Crippen LogP contribution is -2.49. The molecule has 0 spiro atoms. The maximum atomic E-state index is 12.7. The SMILES string of the molecule is CN1CCN([C@@H]2CCCN(c3cnc(C(N)=O)c(Nc4ccc(C5CCN(CC6CCC(c7ccc8c(C9CCC(=O)NC9=O)noc8c7)C6)CC5)cc4)n3)C2)C1=O. The number of aromatic nitrogens is 3. The number of nitrogens with zero attached hydrogens (tertiary/aromatic N) is 7. The second kappa shape index (κ2) is 16.0. The maximum Gasteiger partial charge on any atom is 0.320 e. The van der Waals surface area contributed by atoms with Crippen LogP contribution in [0.4, 0.5) is 22.1 Å². The number of likely N-dealkylation sites (tertiary alicyclic amines) is 1. The molecule has 5 aliphatic rings. The van der Waals surface area contributed by atoms with Gasteiger partial charge in [-0.15, -0.1) is 0 Å². The van der Waals surface area contributed by atoms with Crippen molar-refractivity contribution in [3.63, 3.8) is 0 Å². The number of benzene rings is 2. The van der Waals surface area contributed by atoms with Gasteiger partial charge in [-0.2, -0.15) is 0 Å². The van der Waals surface area contributed by atoms with E-state index in [0.717, 1.165) is 88.9 Å². The van der Waals surface area contributed by atoms with Crippen molar-refractivity contribution >= 4 is 52.0 Å². The molecule has 15 heteroatoms. The Morgan fingerprint density at radius 3 is 2.50 bits per heavy atom. The molecule has 4 aliphatic heterocycles. The minimum Gasteiger partial charge on any atom is -0.364 e. The lowest BCUT2D eigenvalue weighted by Gasteiger charge is -2.37. The minimum atomic E-state index is -0.643. The zero-order valence-electron chi connectivity index (χ0n) is 33.1. The largest absolute Gasteiger partial charge is 0.364 e. The Kier molecular flexibility index (Phi) is 10.5. The lowest BCUT2D eigenvalue weighted by molar-refractivity contribution is -0.134. The number of hydrogen-bond acceptors (Lipinski definition) is 11. The average molecular weight is 789 g/mol. The van der Waals surface area contributed by atoms with Crippen LogP contribution in [0, 0.1) is 5.92 Å². The molecule has 58 heavy (non-hydrogen) atoms. The minimum absolute atomic E-state index is 0.0718. The van der Waals surface area contributed by atoms with E-state index in [4.69, 9.17) is 15.2 Å². The normalized spacial score (nSPS) is 24.8. The molecule has 9 rings (SSSR count). The van der Waals surface area contributed by atoms with Crippen LogP contribution in [0.2, 0.25) is 0 Å². The van der Waals surface area contributed by atoms with Crippen molar-refractivity contribution < 1.29 is 23.7 Å². The smallest absolute Gasteiger partial charge is 0.320 e. The number of carbonyl (C=O) groups excluding carboxylic acids is 4. The van der Waals surface area contributed by atoms with Gasteiger partial charge in [-0.05, 0) is 118 Å². The van der Waals surface area contributed by atoms with Gasteiger partial charge in [0.15, 0.2) is 17.1 Å². The van der Waals surface area contributed by atoms with E-state index in [2.05, 4.69) is 54.8 Å². The Morgan fingerprint density at radius 2 is 1.74 bits per heavy atom. The van der Waals surface area contributed by atoms with Gasteiger partial charge < -0.3 is 35.2 Å². The summed E-state index contributed by atoms with van der Waals surface area (Å²) >= 11 is 0. The molecule has 5 fully saturated rings. The monoisotopic (exact) mass is 788 g/mol. The zero-order valence-corrected chi connectivity index (χ0v) is 33.1. The zero-order chi connectivity index (χ0) is 39.9. The molecule has 3 unspecified atom stereocenters. The van der Waals surface area contributed by atoms with Crippen LogP contribution in [0.15, 0.2) is 53.2 Å². The van der Waals surface area contributed by atoms with Gasteiger partial charge in [0.1, 0.15) is 11.5 Å². The standard InChI is InChI=1S/C43H52N10O5/c1-50-19-20-53(43(50)57)32-3-2-16-52(25-32)36-23-45-39(40(44)55)41(47-36)46-31-9-6-27(7-10-31)28-14-17-51(18-15-28)24-26-4-5-29(21-26)30-8-11-33-35(22-30)58-49-38(33)34-12-13-37(54)48-42(34)56/h6-11,22-23,26,28-29,32,34H,2-5,12-21,24-25H2,1H3,(H2,44,55)(H,46,47)(H,48,54,56)/t26?,29?,32-,34?/m1/s1. The highest BCUT2D eigenvalue weighted by molar-refractivity contribution is 6.02. The Morgan fingerprint density at radius 1 is 0.931 bits per heavy atom. The number of likely N-dealkylation sites (N-methyl/N-ethyl adjacent to an activating group) is 1. The van der Waals surface area contributed by atoms with Crippen molar-refractivity contribution in [2.24, 2.45) is 11.7 Å². The molecule has 1 saturated carbocycles. The second-order valence-electron chi connectivity index (χ2n) is 17.0. The Bertz CT molecular complexity index is 2200. The fraction of sp³-hybridized carbons (Fsp3) is 0.512. The van der Waals surface area contributed by atoms with Crippen LogP contribution in [-0.4, -0.2) is 112 Å². The number of urea groups is 1. The highest BCUT2D eigenvalue weighted by atomic mass is 16.5. The summed E-state index contributed by atoms with van der Waals surface area (Å²) in [5.41, 5.74) is 10.5. The Labute approximate surface area is 337 Å². The molecule has 2 aromatic heterocycles. The van der Waals surface area contributed by atoms with E-state index in [1.54, 1.807) is 11.1 Å². The molecule has 6 heterocycles. The Hall–Kier alpha value is -5.57. The fourth-order valence-corrected chi connectivity index (χ4v) is 9.99. The second-order valence-corrected chi connectivity index (χ2v) is 17.0. The molecule has 1 aliphatic carbocycles. The topological polar surface area (TPSA) is 183 Å². The lowest BCUT2D eigenvalue weighted by atomic mass is 9.88. The van der Waals surface area contributed by atoms with Gasteiger partial charge in [-0.1, -0.05) is 23.4 Å². The van der Waals surface area contributed by atoms with Crippen molar-refractivity contribution in [2.45, 2.75) is 81.6 Å². The Balaban J connectivity index is 0.772. The number of primary amides is 1. The van der Waals surface area contributed by atoms with E-state index in [-0.39, 0.29) is 29.6 Å². The van der Waals surface area contributed by atoms with Crippen molar-refractivity contribution in [3.8, 4) is 0 Å². The number of nitrogens with two attached hydrogens (primary N) is 1. The van der Waals surface area contributed by atoms with E-state index in [1.807, 2.05) is 30.1 Å². The quantitative estimate of drug-likeness (QED) is 0.182. The third-order valence-electron chi connectivity index (χ3n) is 13.3. The average Bonchev–Trinajstić information content (AvgIpc) is 3.97. The molecule has 0 bridgehead atoms. The van der Waals surface area contributed by atoms with E-state index in [0.29, 0.717) is 60.1 Å². The van der Waals surface area contributed by atoms with Crippen molar-refractivity contribution in [1.82, 2.24) is 35.1 Å². The molecule has 4 aromatic rings. The van der Waals surface area contributed by atoms with Gasteiger partial charge in [0.25, 0.3) is 5.91 Å². The van der Waals surface area contributed by atoms with Gasteiger partial charge in [0, 0.05) is 57.3 Å². The maximum absolute atomic E-state index is 12.7. The predicted octanol–water partition coefficient (Wildman–Crippen LogP) is 5.08. The number of fused-ring (bicyclic) bond motifs is 1. The van der Waals surface area contributed by atoms with E-state index in [9.17, 15) is 19.2 Å². The van der Waals surface area contributed by atoms with Crippen LogP contribution in [0.3, 0.4) is 0 Å². The molecule has 5 amide bonds. The number of rotatable bonds is 10. The first-order valence-corrected chi connectivity index (χ1v) is 20.9. The first-order chi connectivity index (χ1) is 28.2. The molecular weight excluding hydrogens is 737 g/mol. The first-order valence-electron chi connectivity index (χ1n) is 20.9. The summed E-state index contributed by atoms with van der Waals surface area (Å²) in [6.07, 6.45) is 9.97. The van der Waals surface area contributed by atoms with Gasteiger partial charge >= 0.3 is 6.03 Å². The highest BCUT2D eigenvalue weighted by Gasteiger charge is 2.36. The molecule has 304 valence electrons. The summed E-state index contributed by atoms with van der Waals surface area (Å²) < 4.78 is 5.70. The van der Waals surface area contributed by atoms with Crippen LogP contribution in [-0.2, 0) is 9.59 Å². The number of piperidine rings is 3. The molecule has 4 atom stereocenters. The van der Waals surface area contributed by atoms with Crippen LogP contribution < -0.4 is 21.3 Å². The van der Waals surface area contributed by atoms with E-state index >= 15 is 0 Å². The number of nitrogens with one attached hydrogen (secondary N) is 2. The fourth-order valence-electron chi connectivity index (χ4n) is 9.99. The van der Waals surface area contributed by atoms with Crippen LogP contribution in [0.1, 0.15) is 103 Å². The van der Waals surface area contributed by atoms with Gasteiger partial charge in [0.05, 0.1) is 18.2 Å². The summed E-state index contributed by atoms with van der Waals surface area (Å²) in [5.74, 6) is 0.963. The number of hydrogen-bond donors (Lipinski definition) is 3. The summed E-state index contributed by atoms with van der Waals surface area (Å²) in [5, 5.41) is 10.9. The summed E-state index contributed by atoms with van der Waals surface area (Å²) in [4.78, 5) is 66.9. The number of amides is 5. The van der Waals surface area contributed by atoms with Gasteiger partial charge in [-0.25, -0.2) is 14.8 Å². The van der Waals surface area contributed by atoms with Crippen LogP contribution >= 0.6 is 0 Å². The van der Waals surface area contributed by atoms with Crippen LogP contribution in [0.25, 0.3) is 11.0 Å². The van der Waals surface area contributed by atoms with E-state index < -0.39 is 11.8 Å². The molecule has 4 N–H and O–H groups in total. The number of carbonyl (C=O) groups is 4.